The van der Waals surface area contributed by atoms with Gasteiger partial charge in [0.15, 0.2) is 11.6 Å². The number of aromatic amines is 2. The van der Waals surface area contributed by atoms with Gasteiger partial charge in [-0.15, -0.1) is 11.3 Å². The van der Waals surface area contributed by atoms with E-state index in [0.29, 0.717) is 16.4 Å². The Kier molecular flexibility index (Phi) is 4.02. The molecule has 6 aromatic heterocycles. The van der Waals surface area contributed by atoms with Crippen molar-refractivity contribution in [1.29, 1.82) is 0 Å². The van der Waals surface area contributed by atoms with Crippen molar-refractivity contribution >= 4 is 39.1 Å². The zero-order valence-corrected chi connectivity index (χ0v) is 17.9. The first kappa shape index (κ1) is 18.6. The zero-order valence-electron chi connectivity index (χ0n) is 17.1. The van der Waals surface area contributed by atoms with Gasteiger partial charge in [-0.05, 0) is 25.1 Å². The minimum Gasteiger partial charge on any atom is -0.335 e. The third kappa shape index (κ3) is 2.92. The van der Waals surface area contributed by atoms with E-state index in [2.05, 4.69) is 30.2 Å². The number of imidazole rings is 1. The minimum atomic E-state index is 0.0464. The number of rotatable bonds is 4. The highest BCUT2D eigenvalue weighted by molar-refractivity contribution is 7.17. The summed E-state index contributed by atoms with van der Waals surface area (Å²) in [6.07, 6.45) is 8.98. The molecular weight excluding hydrogens is 424 g/mol. The van der Waals surface area contributed by atoms with Gasteiger partial charge in [-0.1, -0.05) is 0 Å². The molecule has 0 bridgehead atoms. The summed E-state index contributed by atoms with van der Waals surface area (Å²) >= 11 is 1.44. The Hall–Kier alpha value is -4.18. The molecule has 9 nitrogen and oxygen atoms in total. The third-order valence-corrected chi connectivity index (χ3v) is 6.50. The van der Waals surface area contributed by atoms with Crippen LogP contribution in [-0.2, 0) is 7.05 Å². The van der Waals surface area contributed by atoms with E-state index in [9.17, 15) is 4.79 Å². The van der Waals surface area contributed by atoms with Crippen LogP contribution in [0.5, 0.6) is 0 Å². The van der Waals surface area contributed by atoms with Crippen molar-refractivity contribution in [2.45, 2.75) is 6.92 Å². The van der Waals surface area contributed by atoms with E-state index in [4.69, 9.17) is 4.98 Å². The normalized spacial score (nSPS) is 11.6. The molecule has 32 heavy (non-hydrogen) atoms. The van der Waals surface area contributed by atoms with Crippen LogP contribution in [-0.4, -0.2) is 45.7 Å². The van der Waals surface area contributed by atoms with E-state index in [1.54, 1.807) is 36.4 Å². The lowest BCUT2D eigenvalue weighted by molar-refractivity contribution is 0.102. The summed E-state index contributed by atoms with van der Waals surface area (Å²) in [5.74, 6) is 0.678. The number of Topliss-reactive ketones (excluding diaryl/α,β-unsaturated/α-hetero) is 1. The molecule has 0 saturated carbocycles. The number of hydrogen-bond donors (Lipinski definition) is 2. The van der Waals surface area contributed by atoms with Crippen molar-refractivity contribution in [2.24, 2.45) is 7.05 Å². The van der Waals surface area contributed by atoms with E-state index in [1.807, 2.05) is 31.4 Å². The Morgan fingerprint density at radius 1 is 1.12 bits per heavy atom. The van der Waals surface area contributed by atoms with Crippen LogP contribution < -0.4 is 0 Å². The second-order valence-electron chi connectivity index (χ2n) is 7.48. The molecule has 0 aromatic carbocycles. The monoisotopic (exact) mass is 440 g/mol. The lowest BCUT2D eigenvalue weighted by Crippen LogP contribution is -1.85. The van der Waals surface area contributed by atoms with Gasteiger partial charge in [0.1, 0.15) is 11.2 Å². The molecule has 6 rings (SSSR count). The quantitative estimate of drug-likeness (QED) is 0.396. The van der Waals surface area contributed by atoms with Crippen molar-refractivity contribution in [3.8, 4) is 33.2 Å². The molecule has 156 valence electrons. The van der Waals surface area contributed by atoms with Crippen molar-refractivity contribution in [1.82, 2.24) is 39.9 Å². The number of fused-ring (bicyclic) bond motifs is 2. The van der Waals surface area contributed by atoms with E-state index in [0.717, 1.165) is 43.6 Å². The SMILES string of the molecule is CC(=O)c1ccc(-c2cncc3[nH]c(-c4n[nH]c5cnc(-c6cnn(C)c6)cc45)nc23)s1. The van der Waals surface area contributed by atoms with E-state index >= 15 is 0 Å². The van der Waals surface area contributed by atoms with Crippen LogP contribution in [0.1, 0.15) is 16.6 Å². The first-order valence-electron chi connectivity index (χ1n) is 9.85. The standard InChI is InChI=1S/C22H16N8OS/c1-11(31)18-3-4-19(32-18)14-7-23-8-17-20(14)27-22(26-17)21-13-5-15(12-6-25-30(2)10-12)24-9-16(13)28-29-21/h3-10H,1-2H3,(H,26,27)(H,28,29). The van der Waals surface area contributed by atoms with Gasteiger partial charge in [0, 0.05) is 40.8 Å². The summed E-state index contributed by atoms with van der Waals surface area (Å²) in [5, 5.41) is 12.7. The fourth-order valence-electron chi connectivity index (χ4n) is 3.71. The molecule has 6 aromatic rings. The van der Waals surface area contributed by atoms with Crippen LogP contribution >= 0.6 is 11.3 Å². The van der Waals surface area contributed by atoms with Gasteiger partial charge in [0.2, 0.25) is 0 Å². The van der Waals surface area contributed by atoms with Gasteiger partial charge < -0.3 is 4.98 Å². The molecule has 0 unspecified atom stereocenters. The molecule has 10 heteroatoms. The molecular formula is C22H16N8OS. The second-order valence-corrected chi connectivity index (χ2v) is 8.56. The van der Waals surface area contributed by atoms with Crippen LogP contribution in [0.2, 0.25) is 0 Å². The minimum absolute atomic E-state index is 0.0464. The van der Waals surface area contributed by atoms with Crippen LogP contribution in [0.15, 0.2) is 49.2 Å². The molecule has 0 amide bonds. The Balaban J connectivity index is 1.49. The number of aromatic nitrogens is 8. The number of aryl methyl sites for hydroxylation is 1. The summed E-state index contributed by atoms with van der Waals surface area (Å²) in [7, 11) is 1.87. The number of thiophene rings is 1. The molecule has 0 spiro atoms. The van der Waals surface area contributed by atoms with Crippen molar-refractivity contribution in [2.75, 3.05) is 0 Å². The lowest BCUT2D eigenvalue weighted by Gasteiger charge is -1.98. The summed E-state index contributed by atoms with van der Waals surface area (Å²) in [5.41, 5.74) is 5.71. The summed E-state index contributed by atoms with van der Waals surface area (Å²) < 4.78 is 1.74. The Bertz CT molecular complexity index is 1640. The van der Waals surface area contributed by atoms with Crippen molar-refractivity contribution in [3.63, 3.8) is 0 Å². The van der Waals surface area contributed by atoms with Gasteiger partial charge in [0.25, 0.3) is 0 Å². The topological polar surface area (TPSA) is 118 Å². The first-order chi connectivity index (χ1) is 15.6. The zero-order chi connectivity index (χ0) is 21.8. The molecule has 6 heterocycles. The molecule has 0 atom stereocenters. The Labute approximate surface area is 185 Å². The molecule has 0 aliphatic carbocycles. The number of ketones is 1. The number of H-pyrrole nitrogens is 2. The number of pyridine rings is 2. The maximum absolute atomic E-state index is 11.7. The summed E-state index contributed by atoms with van der Waals surface area (Å²) in [6.45, 7) is 1.57. The molecule has 0 saturated heterocycles. The van der Waals surface area contributed by atoms with Gasteiger partial charge >= 0.3 is 0 Å². The van der Waals surface area contributed by atoms with Gasteiger partial charge in [-0.3, -0.25) is 24.5 Å². The van der Waals surface area contributed by atoms with Gasteiger partial charge in [0.05, 0.1) is 40.2 Å². The fraction of sp³-hybridized carbons (Fsp3) is 0.0909. The number of carbonyl (C=O) groups excluding carboxylic acids is 1. The second kappa shape index (κ2) is 6.92. The van der Waals surface area contributed by atoms with Crippen LogP contribution in [0, 0.1) is 0 Å². The smallest absolute Gasteiger partial charge is 0.169 e. The molecule has 0 aliphatic rings. The summed E-state index contributed by atoms with van der Waals surface area (Å²) in [4.78, 5) is 30.4. The molecule has 0 fully saturated rings. The average molecular weight is 440 g/mol. The van der Waals surface area contributed by atoms with E-state index in [1.165, 1.54) is 11.3 Å². The van der Waals surface area contributed by atoms with Crippen molar-refractivity contribution in [3.05, 3.63) is 54.1 Å². The number of hydrogen-bond acceptors (Lipinski definition) is 7. The molecule has 2 N–H and O–H groups in total. The number of nitrogens with one attached hydrogen (secondary N) is 2. The third-order valence-electron chi connectivity index (χ3n) is 5.28. The lowest BCUT2D eigenvalue weighted by atomic mass is 10.1. The van der Waals surface area contributed by atoms with Gasteiger partial charge in [-0.2, -0.15) is 10.2 Å². The average Bonchev–Trinajstić information content (AvgIpc) is 3.56. The Morgan fingerprint density at radius 3 is 2.81 bits per heavy atom. The van der Waals surface area contributed by atoms with Crippen molar-refractivity contribution < 1.29 is 4.79 Å². The largest absolute Gasteiger partial charge is 0.335 e. The summed E-state index contributed by atoms with van der Waals surface area (Å²) in [6, 6.07) is 5.75. The van der Waals surface area contributed by atoms with E-state index < -0.39 is 0 Å². The van der Waals surface area contributed by atoms with E-state index in [-0.39, 0.29) is 5.78 Å². The Morgan fingerprint density at radius 2 is 2.03 bits per heavy atom. The predicted octanol–water partition coefficient (Wildman–Crippen LogP) is 4.23. The van der Waals surface area contributed by atoms with Gasteiger partial charge in [-0.25, -0.2) is 4.98 Å². The fourth-order valence-corrected chi connectivity index (χ4v) is 4.62. The highest BCUT2D eigenvalue weighted by Crippen LogP contribution is 2.34. The predicted molar refractivity (Wildman–Crippen MR) is 122 cm³/mol. The van der Waals surface area contributed by atoms with Crippen LogP contribution in [0.4, 0.5) is 0 Å². The van der Waals surface area contributed by atoms with Crippen LogP contribution in [0.25, 0.3) is 55.2 Å². The number of carbonyl (C=O) groups is 1. The molecule has 0 radical (unpaired) electrons. The number of nitrogens with zero attached hydrogens (tertiary/aromatic N) is 6. The maximum atomic E-state index is 11.7. The first-order valence-corrected chi connectivity index (χ1v) is 10.7. The highest BCUT2D eigenvalue weighted by atomic mass is 32.1. The van der Waals surface area contributed by atoms with Crippen LogP contribution in [0.3, 0.4) is 0 Å². The maximum Gasteiger partial charge on any atom is 0.169 e. The highest BCUT2D eigenvalue weighted by Gasteiger charge is 2.17. The molecule has 0 aliphatic heterocycles.